The molecule has 0 aliphatic heterocycles. The van der Waals surface area contributed by atoms with Gasteiger partial charge in [-0.1, -0.05) is 29.8 Å². The molecule has 0 fully saturated rings. The first kappa shape index (κ1) is 12.9. The van der Waals surface area contributed by atoms with Gasteiger partial charge in [-0.2, -0.15) is 4.98 Å². The van der Waals surface area contributed by atoms with E-state index in [1.165, 1.54) is 6.26 Å². The Hall–Kier alpha value is -1.52. The fourth-order valence-corrected chi connectivity index (χ4v) is 2.01. The number of anilines is 1. The van der Waals surface area contributed by atoms with E-state index in [2.05, 4.69) is 4.98 Å². The summed E-state index contributed by atoms with van der Waals surface area (Å²) in [4.78, 5) is 6.05. The van der Waals surface area contributed by atoms with Crippen molar-refractivity contribution in [1.29, 1.82) is 0 Å². The third kappa shape index (κ3) is 2.49. The maximum absolute atomic E-state index is 8.97. The third-order valence-corrected chi connectivity index (χ3v) is 3.28. The van der Waals surface area contributed by atoms with Crippen molar-refractivity contribution in [2.24, 2.45) is 0 Å². The lowest BCUT2D eigenvalue weighted by molar-refractivity contribution is 0.276. The largest absolute Gasteiger partial charge is 0.432 e. The van der Waals surface area contributed by atoms with Crippen molar-refractivity contribution in [2.45, 2.75) is 19.6 Å². The molecule has 4 nitrogen and oxygen atoms in total. The van der Waals surface area contributed by atoms with E-state index in [0.29, 0.717) is 16.7 Å². The number of nitrogens with zero attached hydrogens (tertiary/aromatic N) is 2. The Morgan fingerprint density at radius 2 is 2.17 bits per heavy atom. The van der Waals surface area contributed by atoms with Gasteiger partial charge >= 0.3 is 0 Å². The van der Waals surface area contributed by atoms with E-state index in [1.54, 1.807) is 0 Å². The van der Waals surface area contributed by atoms with Gasteiger partial charge in [-0.15, -0.1) is 0 Å². The van der Waals surface area contributed by atoms with Crippen molar-refractivity contribution >= 4 is 17.6 Å². The van der Waals surface area contributed by atoms with Crippen LogP contribution in [0.3, 0.4) is 0 Å². The Morgan fingerprint density at radius 1 is 1.44 bits per heavy atom. The summed E-state index contributed by atoms with van der Waals surface area (Å²) in [6, 6.07) is 8.17. The van der Waals surface area contributed by atoms with E-state index in [-0.39, 0.29) is 12.6 Å². The first-order chi connectivity index (χ1) is 8.63. The molecule has 1 aromatic heterocycles. The lowest BCUT2D eigenvalue weighted by atomic mass is 10.1. The Kier molecular flexibility index (Phi) is 3.89. The normalized spacial score (nSPS) is 12.4. The van der Waals surface area contributed by atoms with Crippen LogP contribution in [0, 0.1) is 0 Å². The van der Waals surface area contributed by atoms with E-state index in [9.17, 15) is 0 Å². The van der Waals surface area contributed by atoms with Gasteiger partial charge in [0.25, 0.3) is 6.01 Å². The van der Waals surface area contributed by atoms with E-state index < -0.39 is 0 Å². The number of aromatic nitrogens is 1. The second kappa shape index (κ2) is 5.42. The summed E-state index contributed by atoms with van der Waals surface area (Å²) < 4.78 is 5.31. The van der Waals surface area contributed by atoms with Crippen LogP contribution in [-0.2, 0) is 6.61 Å². The number of hydrogen-bond acceptors (Lipinski definition) is 4. The summed E-state index contributed by atoms with van der Waals surface area (Å²) in [7, 11) is 1.88. The summed E-state index contributed by atoms with van der Waals surface area (Å²) in [5, 5.41) is 9.68. The minimum Gasteiger partial charge on any atom is -0.432 e. The van der Waals surface area contributed by atoms with Crippen LogP contribution in [0.15, 0.2) is 34.9 Å². The summed E-state index contributed by atoms with van der Waals surface area (Å²) in [5.41, 5.74) is 1.52. The number of halogens is 1. The van der Waals surface area contributed by atoms with Gasteiger partial charge in [0, 0.05) is 12.1 Å². The highest BCUT2D eigenvalue weighted by Gasteiger charge is 2.18. The molecule has 5 heteroatoms. The Bertz CT molecular complexity index is 527. The minimum atomic E-state index is -0.127. The monoisotopic (exact) mass is 266 g/mol. The average Bonchev–Trinajstić information content (AvgIpc) is 2.86. The SMILES string of the molecule is CC(c1ccccc1Cl)N(C)c1nc(CO)co1. The molecular weight excluding hydrogens is 252 g/mol. The average molecular weight is 267 g/mol. The van der Waals surface area contributed by atoms with Crippen molar-refractivity contribution in [1.82, 2.24) is 4.98 Å². The first-order valence-corrected chi connectivity index (χ1v) is 6.03. The van der Waals surface area contributed by atoms with Crippen LogP contribution in [0.25, 0.3) is 0 Å². The zero-order chi connectivity index (χ0) is 13.1. The molecule has 0 aliphatic carbocycles. The number of rotatable bonds is 4. The predicted octanol–water partition coefficient (Wildman–Crippen LogP) is 3.02. The second-order valence-corrected chi connectivity index (χ2v) is 4.50. The van der Waals surface area contributed by atoms with E-state index in [1.807, 2.05) is 43.1 Å². The highest BCUT2D eigenvalue weighted by molar-refractivity contribution is 6.31. The Morgan fingerprint density at radius 3 is 2.78 bits per heavy atom. The van der Waals surface area contributed by atoms with Gasteiger partial charge in [-0.05, 0) is 18.6 Å². The Labute approximate surface area is 111 Å². The molecule has 1 atom stereocenters. The molecule has 0 aliphatic rings. The summed E-state index contributed by atoms with van der Waals surface area (Å²) in [6.07, 6.45) is 1.45. The molecule has 0 bridgehead atoms. The molecule has 1 heterocycles. The second-order valence-electron chi connectivity index (χ2n) is 4.09. The first-order valence-electron chi connectivity index (χ1n) is 5.66. The standard InChI is InChI=1S/C13H15ClN2O2/c1-9(11-5-3-4-6-12(11)14)16(2)13-15-10(7-17)8-18-13/h3-6,8-9,17H,7H2,1-2H3. The number of aliphatic hydroxyl groups is 1. The zero-order valence-electron chi connectivity index (χ0n) is 10.3. The smallest absolute Gasteiger partial charge is 0.297 e. The summed E-state index contributed by atoms with van der Waals surface area (Å²) in [5.74, 6) is 0. The van der Waals surface area contributed by atoms with Crippen LogP contribution in [0.1, 0.15) is 24.2 Å². The number of benzene rings is 1. The van der Waals surface area contributed by atoms with Crippen LogP contribution in [0.4, 0.5) is 6.01 Å². The van der Waals surface area contributed by atoms with Crippen LogP contribution in [0.5, 0.6) is 0 Å². The Balaban J connectivity index is 2.23. The minimum absolute atomic E-state index is 0.0314. The van der Waals surface area contributed by atoms with Crippen LogP contribution >= 0.6 is 11.6 Å². The van der Waals surface area contributed by atoms with Crippen molar-refractivity contribution < 1.29 is 9.52 Å². The van der Waals surface area contributed by atoms with Crippen molar-refractivity contribution in [3.05, 3.63) is 46.8 Å². The van der Waals surface area contributed by atoms with E-state index >= 15 is 0 Å². The molecule has 96 valence electrons. The predicted molar refractivity (Wildman–Crippen MR) is 70.7 cm³/mol. The van der Waals surface area contributed by atoms with Crippen LogP contribution < -0.4 is 4.90 Å². The lowest BCUT2D eigenvalue weighted by Crippen LogP contribution is -2.22. The fourth-order valence-electron chi connectivity index (χ4n) is 1.72. The molecule has 2 rings (SSSR count). The number of aliphatic hydroxyl groups excluding tert-OH is 1. The fraction of sp³-hybridized carbons (Fsp3) is 0.308. The van der Waals surface area contributed by atoms with E-state index in [0.717, 1.165) is 5.56 Å². The molecule has 0 radical (unpaired) electrons. The van der Waals surface area contributed by atoms with Gasteiger partial charge in [0.05, 0.1) is 12.6 Å². The van der Waals surface area contributed by atoms with E-state index in [4.69, 9.17) is 21.1 Å². The van der Waals surface area contributed by atoms with Gasteiger partial charge < -0.3 is 14.4 Å². The maximum atomic E-state index is 8.97. The lowest BCUT2D eigenvalue weighted by Gasteiger charge is -2.24. The maximum Gasteiger partial charge on any atom is 0.297 e. The molecule has 0 spiro atoms. The molecule has 0 amide bonds. The van der Waals surface area contributed by atoms with Crippen molar-refractivity contribution in [2.75, 3.05) is 11.9 Å². The van der Waals surface area contributed by atoms with Crippen molar-refractivity contribution in [3.63, 3.8) is 0 Å². The molecule has 2 aromatic rings. The van der Waals surface area contributed by atoms with Crippen LogP contribution in [0.2, 0.25) is 5.02 Å². The van der Waals surface area contributed by atoms with Gasteiger partial charge in [0.15, 0.2) is 0 Å². The van der Waals surface area contributed by atoms with Gasteiger partial charge in [0.1, 0.15) is 12.0 Å². The van der Waals surface area contributed by atoms with Crippen LogP contribution in [-0.4, -0.2) is 17.1 Å². The zero-order valence-corrected chi connectivity index (χ0v) is 11.1. The highest BCUT2D eigenvalue weighted by Crippen LogP contribution is 2.29. The quantitative estimate of drug-likeness (QED) is 0.924. The number of hydrogen-bond donors (Lipinski definition) is 1. The highest BCUT2D eigenvalue weighted by atomic mass is 35.5. The summed E-state index contributed by atoms with van der Waals surface area (Å²) in [6.45, 7) is 1.89. The molecular formula is C13H15ClN2O2. The number of oxazole rings is 1. The molecule has 0 saturated heterocycles. The molecule has 1 unspecified atom stereocenters. The van der Waals surface area contributed by atoms with Gasteiger partial charge in [-0.3, -0.25) is 0 Å². The molecule has 1 N–H and O–H groups in total. The van der Waals surface area contributed by atoms with Gasteiger partial charge in [-0.25, -0.2) is 0 Å². The third-order valence-electron chi connectivity index (χ3n) is 2.94. The topological polar surface area (TPSA) is 49.5 Å². The van der Waals surface area contributed by atoms with Gasteiger partial charge in [0.2, 0.25) is 0 Å². The molecule has 0 saturated carbocycles. The van der Waals surface area contributed by atoms with Crippen molar-refractivity contribution in [3.8, 4) is 0 Å². The molecule has 18 heavy (non-hydrogen) atoms. The summed E-state index contributed by atoms with van der Waals surface area (Å²) >= 11 is 6.17. The molecule has 1 aromatic carbocycles.